The van der Waals surface area contributed by atoms with Crippen LogP contribution in [0.2, 0.25) is 0 Å². The zero-order valence-corrected chi connectivity index (χ0v) is 23.8. The van der Waals surface area contributed by atoms with Gasteiger partial charge in [-0.15, -0.1) is 5.10 Å². The van der Waals surface area contributed by atoms with Crippen LogP contribution in [0, 0.1) is 0 Å². The lowest BCUT2D eigenvalue weighted by Gasteiger charge is -2.24. The third-order valence-electron chi connectivity index (χ3n) is 6.94. The number of aryl methyl sites for hydroxylation is 1. The first-order valence-electron chi connectivity index (χ1n) is 14.0. The maximum absolute atomic E-state index is 12.5. The Balaban J connectivity index is 1.48. The number of carbonyl (C=O) groups is 2. The maximum atomic E-state index is 12.5. The van der Waals surface area contributed by atoms with E-state index >= 15 is 0 Å². The first-order chi connectivity index (χ1) is 18.8. The number of ether oxygens (including phenoxy) is 2. The minimum atomic E-state index is -0.248. The van der Waals surface area contributed by atoms with Crippen LogP contribution in [0.25, 0.3) is 0 Å². The average molecular weight is 544 g/mol. The summed E-state index contributed by atoms with van der Waals surface area (Å²) in [6.45, 7) is 7.07. The summed E-state index contributed by atoms with van der Waals surface area (Å²) >= 11 is 0. The zero-order chi connectivity index (χ0) is 28.1. The fraction of sp³-hybridized carbons (Fsp3) is 0.643. The van der Waals surface area contributed by atoms with Crippen LogP contribution in [-0.2, 0) is 22.5 Å². The molecule has 1 aromatic carbocycles. The summed E-state index contributed by atoms with van der Waals surface area (Å²) in [6.07, 6.45) is 5.36. The molecule has 11 heteroatoms. The highest BCUT2D eigenvalue weighted by Gasteiger charge is 2.25. The van der Waals surface area contributed by atoms with Crippen LogP contribution in [0.3, 0.4) is 0 Å². The number of likely N-dealkylation sites (N-methyl/N-ethyl adjacent to an activating group) is 2. The number of nitrogens with zero attached hydrogens (tertiary/aromatic N) is 3. The highest BCUT2D eigenvalue weighted by molar-refractivity contribution is 5.94. The SMILES string of the molecule is CNCCOc1ccc(C(=O)NCCCn2nnc3c2CCCCCC3OCC(=O)NCC(C)(C)NC)cc1. The quantitative estimate of drug-likeness (QED) is 0.251. The molecule has 11 nitrogen and oxygen atoms in total. The molecule has 1 unspecified atom stereocenters. The lowest BCUT2D eigenvalue weighted by Crippen LogP contribution is -2.48. The summed E-state index contributed by atoms with van der Waals surface area (Å²) in [5, 5.41) is 21.0. The van der Waals surface area contributed by atoms with Crippen LogP contribution < -0.4 is 26.0 Å². The van der Waals surface area contributed by atoms with Crippen molar-refractivity contribution in [1.29, 1.82) is 0 Å². The van der Waals surface area contributed by atoms with Gasteiger partial charge >= 0.3 is 0 Å². The van der Waals surface area contributed by atoms with E-state index in [1.165, 1.54) is 0 Å². The predicted octanol–water partition coefficient (Wildman–Crippen LogP) is 1.98. The van der Waals surface area contributed by atoms with E-state index in [9.17, 15) is 9.59 Å². The van der Waals surface area contributed by atoms with E-state index < -0.39 is 0 Å². The normalized spacial score (nSPS) is 15.6. The van der Waals surface area contributed by atoms with Gasteiger partial charge in [0.1, 0.15) is 30.8 Å². The van der Waals surface area contributed by atoms with Crippen molar-refractivity contribution in [1.82, 2.24) is 36.3 Å². The molecule has 1 aliphatic rings. The molecule has 0 bridgehead atoms. The number of nitrogens with one attached hydrogen (secondary N) is 4. The highest BCUT2D eigenvalue weighted by atomic mass is 16.5. The van der Waals surface area contributed by atoms with Crippen molar-refractivity contribution in [3.63, 3.8) is 0 Å². The topological polar surface area (TPSA) is 131 Å². The highest BCUT2D eigenvalue weighted by Crippen LogP contribution is 2.29. The minimum Gasteiger partial charge on any atom is -0.492 e. The van der Waals surface area contributed by atoms with Gasteiger partial charge in [0.2, 0.25) is 5.91 Å². The second-order valence-electron chi connectivity index (χ2n) is 10.5. The van der Waals surface area contributed by atoms with E-state index in [4.69, 9.17) is 9.47 Å². The molecule has 0 fully saturated rings. The van der Waals surface area contributed by atoms with Crippen LogP contribution in [0.4, 0.5) is 0 Å². The molecule has 39 heavy (non-hydrogen) atoms. The summed E-state index contributed by atoms with van der Waals surface area (Å²) in [4.78, 5) is 24.9. The van der Waals surface area contributed by atoms with E-state index in [2.05, 4.69) is 31.6 Å². The minimum absolute atomic E-state index is 0.00809. The smallest absolute Gasteiger partial charge is 0.251 e. The Morgan fingerprint density at radius 3 is 2.62 bits per heavy atom. The molecule has 2 aromatic rings. The standard InChI is InChI=1S/C28H45N7O4/c1-28(2,30-4)20-32-25(36)19-39-24-10-7-5-6-9-23-26(24)33-34-35(23)17-8-15-31-27(37)21-11-13-22(14-12-21)38-18-16-29-3/h11-14,24,29-30H,5-10,15-20H2,1-4H3,(H,31,37)(H,32,36). The van der Waals surface area contributed by atoms with E-state index in [1.807, 2.05) is 44.8 Å². The van der Waals surface area contributed by atoms with Crippen LogP contribution >= 0.6 is 0 Å². The van der Waals surface area contributed by atoms with E-state index in [0.29, 0.717) is 31.8 Å². The Hall–Kier alpha value is -3.02. The molecule has 4 N–H and O–H groups in total. The number of rotatable bonds is 15. The summed E-state index contributed by atoms with van der Waals surface area (Å²) in [5.74, 6) is 0.488. The Labute approximate surface area is 231 Å². The van der Waals surface area contributed by atoms with Crippen molar-refractivity contribution in [3.8, 4) is 5.75 Å². The largest absolute Gasteiger partial charge is 0.492 e. The van der Waals surface area contributed by atoms with Gasteiger partial charge in [0.25, 0.3) is 5.91 Å². The molecular formula is C28H45N7O4. The Morgan fingerprint density at radius 1 is 1.08 bits per heavy atom. The molecule has 1 atom stereocenters. The van der Waals surface area contributed by atoms with Gasteiger partial charge in [0, 0.05) is 37.3 Å². The van der Waals surface area contributed by atoms with Gasteiger partial charge in [-0.1, -0.05) is 18.1 Å². The molecule has 2 amide bonds. The van der Waals surface area contributed by atoms with E-state index in [0.717, 1.165) is 62.2 Å². The zero-order valence-electron chi connectivity index (χ0n) is 23.8. The van der Waals surface area contributed by atoms with Gasteiger partial charge in [-0.05, 0) is 77.9 Å². The Bertz CT molecular complexity index is 1040. The van der Waals surface area contributed by atoms with Crippen LogP contribution in [-0.4, -0.2) is 79.3 Å². The van der Waals surface area contributed by atoms with Crippen LogP contribution in [0.1, 0.15) is 73.8 Å². The summed E-state index contributed by atoms with van der Waals surface area (Å²) < 4.78 is 13.6. The molecule has 0 aliphatic heterocycles. The fourth-order valence-corrected chi connectivity index (χ4v) is 4.27. The summed E-state index contributed by atoms with van der Waals surface area (Å²) in [6, 6.07) is 7.16. The number of hydrogen-bond acceptors (Lipinski definition) is 8. The number of hydrogen-bond donors (Lipinski definition) is 4. The molecule has 1 heterocycles. The average Bonchev–Trinajstić information content (AvgIpc) is 3.31. The molecule has 1 aromatic heterocycles. The van der Waals surface area contributed by atoms with Gasteiger partial charge in [0.15, 0.2) is 0 Å². The second-order valence-corrected chi connectivity index (χ2v) is 10.5. The first kappa shape index (κ1) is 30.5. The lowest BCUT2D eigenvalue weighted by atomic mass is 9.99. The number of fused-ring (bicyclic) bond motifs is 1. The van der Waals surface area contributed by atoms with Gasteiger partial charge < -0.3 is 30.7 Å². The van der Waals surface area contributed by atoms with Gasteiger partial charge in [-0.2, -0.15) is 0 Å². The maximum Gasteiger partial charge on any atom is 0.251 e. The Morgan fingerprint density at radius 2 is 1.87 bits per heavy atom. The first-order valence-corrected chi connectivity index (χ1v) is 14.0. The van der Waals surface area contributed by atoms with Gasteiger partial charge in [0.05, 0.1) is 5.69 Å². The predicted molar refractivity (Wildman–Crippen MR) is 150 cm³/mol. The lowest BCUT2D eigenvalue weighted by molar-refractivity contribution is -0.128. The molecule has 0 spiro atoms. The van der Waals surface area contributed by atoms with Crippen molar-refractivity contribution in [3.05, 3.63) is 41.2 Å². The van der Waals surface area contributed by atoms with Gasteiger partial charge in [-0.3, -0.25) is 9.59 Å². The summed E-state index contributed by atoms with van der Waals surface area (Å²) in [7, 11) is 3.75. The van der Waals surface area contributed by atoms with Crippen molar-refractivity contribution in [2.75, 3.05) is 46.9 Å². The van der Waals surface area contributed by atoms with Crippen molar-refractivity contribution >= 4 is 11.8 Å². The fourth-order valence-electron chi connectivity index (χ4n) is 4.27. The van der Waals surface area contributed by atoms with Crippen molar-refractivity contribution in [2.24, 2.45) is 0 Å². The number of benzene rings is 1. The van der Waals surface area contributed by atoms with E-state index in [1.54, 1.807) is 12.1 Å². The number of aromatic nitrogens is 3. The van der Waals surface area contributed by atoms with Crippen LogP contribution in [0.15, 0.2) is 24.3 Å². The van der Waals surface area contributed by atoms with Crippen molar-refractivity contribution < 1.29 is 19.1 Å². The van der Waals surface area contributed by atoms with Crippen molar-refractivity contribution in [2.45, 2.75) is 70.6 Å². The van der Waals surface area contributed by atoms with Crippen LogP contribution in [0.5, 0.6) is 5.75 Å². The summed E-state index contributed by atoms with van der Waals surface area (Å²) in [5.41, 5.74) is 2.31. The Kier molecular flexibility index (Phi) is 12.2. The molecule has 1 aliphatic carbocycles. The third-order valence-corrected chi connectivity index (χ3v) is 6.94. The molecular weight excluding hydrogens is 498 g/mol. The molecule has 0 saturated carbocycles. The monoisotopic (exact) mass is 543 g/mol. The molecule has 3 rings (SSSR count). The second kappa shape index (κ2) is 15.5. The molecule has 0 radical (unpaired) electrons. The van der Waals surface area contributed by atoms with Gasteiger partial charge in [-0.25, -0.2) is 4.68 Å². The number of carbonyl (C=O) groups excluding carboxylic acids is 2. The van der Waals surface area contributed by atoms with E-state index in [-0.39, 0.29) is 30.1 Å². The molecule has 0 saturated heterocycles. The molecule has 216 valence electrons. The number of amides is 2. The third kappa shape index (κ3) is 9.90.